The maximum absolute atomic E-state index is 11.1. The molecule has 13 nitrogen and oxygen atoms in total. The topological polar surface area (TPSA) is 183 Å². The first-order valence-electron chi connectivity index (χ1n) is 38.4. The standard InChI is InChI=1S/C13H24O3S.C12H22O3S.C11H14O2S2.2C10H14OS.C9H12O2S.C9H12OS.2C5H12.4CH4/c1-3-12(9-14-5-1)10-16-7-8-17-13-4-2-6-15-11-13;1-2-7-14-12(5-1)15-8-9-16-11-4-3-6-13-10-11;12-11(13-6-7-14)9-15-8-10-4-2-1-3-5-10;1-9(12-8-7-11)10-5-3-2-4-6-10;11-7-9-12-8-6-10-4-2-1-3-5-10;10-4-5-12-7-8-2-1-3-9(11)6-8;10-6-7-11-8-9-4-2-1-3-5-9;2*1-3-5-4-2;;;;/h12-13H,1-11H2;11-12H,1-10H2;1-5,14H,6-9H2;2-6,9,11H,7-8H2,1H3;1-5,11H,6-9H2;1-3,6,10-11H,4-5,7H2;1-5,10H,6-8H2;2*3-5H2,1-2H3;4*1H4. The van der Waals surface area contributed by atoms with Gasteiger partial charge >= 0.3 is 5.97 Å². The van der Waals surface area contributed by atoms with Crippen molar-refractivity contribution in [1.29, 1.82) is 0 Å². The highest BCUT2D eigenvalue weighted by atomic mass is 32.2. The maximum atomic E-state index is 11.1. The molecule has 0 spiro atoms. The fourth-order valence-electron chi connectivity index (χ4n) is 9.90. The third-order valence-corrected chi connectivity index (χ3v) is 23.3. The summed E-state index contributed by atoms with van der Waals surface area (Å²) < 4.78 is 38.2. The molecule has 109 heavy (non-hydrogen) atoms. The molecule has 0 aliphatic carbocycles. The summed E-state index contributed by atoms with van der Waals surface area (Å²) in [5.74, 6) is 11.0. The molecule has 0 aromatic heterocycles. The molecule has 0 radical (unpaired) electrons. The lowest BCUT2D eigenvalue weighted by Crippen LogP contribution is -2.24. The molecule has 5 unspecified atom stereocenters. The summed E-state index contributed by atoms with van der Waals surface area (Å²) in [6.07, 6.45) is 20.3. The number of ether oxygens (including phenoxy) is 7. The van der Waals surface area contributed by atoms with E-state index in [9.17, 15) is 4.79 Å². The van der Waals surface area contributed by atoms with Crippen LogP contribution < -0.4 is 0 Å². The Labute approximate surface area is 701 Å². The Morgan fingerprint density at radius 2 is 0.972 bits per heavy atom. The third kappa shape index (κ3) is 73.2. The van der Waals surface area contributed by atoms with E-state index in [2.05, 4.69) is 95.8 Å². The smallest absolute Gasteiger partial charge is 0.315 e. The van der Waals surface area contributed by atoms with Gasteiger partial charge in [0.05, 0.1) is 71.8 Å². The van der Waals surface area contributed by atoms with Crippen molar-refractivity contribution in [2.45, 2.75) is 206 Å². The van der Waals surface area contributed by atoms with E-state index in [-0.39, 0.29) is 61.8 Å². The molecule has 5 aromatic carbocycles. The number of aromatic hydroxyl groups is 1. The van der Waals surface area contributed by atoms with Gasteiger partial charge in [-0.05, 0) is 117 Å². The first-order chi connectivity index (χ1) is 51.6. The number of aryl methyl sites for hydroxylation is 1. The van der Waals surface area contributed by atoms with Crippen LogP contribution >= 0.6 is 95.0 Å². The second-order valence-electron chi connectivity index (χ2n) is 24.8. The van der Waals surface area contributed by atoms with Crippen LogP contribution in [0.3, 0.4) is 0 Å². The number of esters is 1. The van der Waals surface area contributed by atoms with Gasteiger partial charge in [0, 0.05) is 106 Å². The second kappa shape index (κ2) is 88.1. The van der Waals surface area contributed by atoms with Gasteiger partial charge in [0.25, 0.3) is 0 Å². The molecular formula is C88H152O13S8. The number of hydrogen-bond acceptors (Lipinski definition) is 21. The quantitative estimate of drug-likeness (QED) is 0.0125. The summed E-state index contributed by atoms with van der Waals surface area (Å²) in [5.41, 5.74) is 6.35. The highest BCUT2D eigenvalue weighted by Crippen LogP contribution is 2.28. The number of carbonyl (C=O) groups excluding carboxylic acids is 1. The van der Waals surface area contributed by atoms with Crippen molar-refractivity contribution in [1.82, 2.24) is 0 Å². The zero-order valence-corrected chi connectivity index (χ0v) is 71.1. The number of phenolic OH excluding ortho intramolecular Hbond substituents is 1. The van der Waals surface area contributed by atoms with Crippen LogP contribution in [0.25, 0.3) is 0 Å². The van der Waals surface area contributed by atoms with Crippen molar-refractivity contribution < 1.29 is 63.5 Å². The molecule has 0 amide bonds. The monoisotopic (exact) mass is 1670 g/mol. The Morgan fingerprint density at radius 3 is 1.43 bits per heavy atom. The molecule has 5 aromatic rings. The van der Waals surface area contributed by atoms with E-state index in [0.717, 1.165) is 142 Å². The second-order valence-corrected chi connectivity index (χ2v) is 33.9. The van der Waals surface area contributed by atoms with E-state index in [0.29, 0.717) is 52.1 Å². The lowest BCUT2D eigenvalue weighted by Gasteiger charge is -2.24. The number of carbonyl (C=O) groups is 1. The van der Waals surface area contributed by atoms with E-state index in [1.807, 2.05) is 108 Å². The van der Waals surface area contributed by atoms with Gasteiger partial charge < -0.3 is 58.7 Å². The number of aliphatic hydroxyl groups excluding tert-OH is 4. The molecule has 4 fully saturated rings. The minimum atomic E-state index is -0.162. The maximum Gasteiger partial charge on any atom is 0.315 e. The number of unbranched alkanes of at least 4 members (excludes halogenated alkanes) is 4. The van der Waals surface area contributed by atoms with Crippen LogP contribution in [0.1, 0.15) is 194 Å². The number of aliphatic hydroxyl groups is 4. The van der Waals surface area contributed by atoms with Crippen LogP contribution in [0.4, 0.5) is 0 Å². The van der Waals surface area contributed by atoms with Crippen LogP contribution in [-0.2, 0) is 61.6 Å². The normalized spacial score (nSPS) is 16.1. The fraction of sp³-hybridized carbons (Fsp3) is 0.648. The van der Waals surface area contributed by atoms with Crippen LogP contribution in [0.15, 0.2) is 146 Å². The zero-order chi connectivity index (χ0) is 76.2. The Bertz CT molecular complexity index is 2490. The van der Waals surface area contributed by atoms with Crippen LogP contribution in [-0.4, -0.2) is 199 Å². The van der Waals surface area contributed by atoms with E-state index < -0.39 is 0 Å². The molecule has 4 heterocycles. The zero-order valence-electron chi connectivity index (χ0n) is 64.5. The van der Waals surface area contributed by atoms with Crippen molar-refractivity contribution in [3.05, 3.63) is 173 Å². The largest absolute Gasteiger partial charge is 0.508 e. The minimum absolute atomic E-state index is 0. The Kier molecular flexibility index (Phi) is 91.5. The predicted octanol–water partition coefficient (Wildman–Crippen LogP) is 22.1. The molecule has 5 atom stereocenters. The molecule has 21 heteroatoms. The van der Waals surface area contributed by atoms with Gasteiger partial charge in [-0.25, -0.2) is 0 Å². The predicted molar refractivity (Wildman–Crippen MR) is 491 cm³/mol. The van der Waals surface area contributed by atoms with Crippen molar-refractivity contribution in [2.24, 2.45) is 5.92 Å². The molecule has 4 aliphatic heterocycles. The summed E-state index contributed by atoms with van der Waals surface area (Å²) >= 11 is 16.5. The van der Waals surface area contributed by atoms with Crippen molar-refractivity contribution >= 4 is 101 Å². The Hall–Kier alpha value is -2.23. The number of benzene rings is 5. The van der Waals surface area contributed by atoms with E-state index in [1.54, 1.807) is 70.9 Å². The van der Waals surface area contributed by atoms with Crippen molar-refractivity contribution in [3.8, 4) is 5.75 Å². The highest BCUT2D eigenvalue weighted by Gasteiger charge is 2.18. The SMILES string of the molecule is C.C.C.C.C1CCC(OCCSC2CCCOC2)OC1.C1COCC(COCCSC2CCCOC2)C1.CC(SCCO)c1ccccc1.CCCCC.CCCCC.O=C(CSCc1ccccc1)OCCS.OCCSCCc1ccccc1.OCCSCc1cccc(O)c1.OCCSCc1ccccc1. The molecule has 0 bridgehead atoms. The highest BCUT2D eigenvalue weighted by molar-refractivity contribution is 8.00. The summed E-state index contributed by atoms with van der Waals surface area (Å²) in [5, 5.41) is 45.2. The number of thiol groups is 1. The average Bonchev–Trinajstić information content (AvgIpc) is 0.933. The minimum Gasteiger partial charge on any atom is -0.508 e. The van der Waals surface area contributed by atoms with Gasteiger partial charge in [-0.2, -0.15) is 83.2 Å². The van der Waals surface area contributed by atoms with Crippen LogP contribution in [0.5, 0.6) is 5.75 Å². The van der Waals surface area contributed by atoms with Crippen molar-refractivity contribution in [2.75, 3.05) is 151 Å². The third-order valence-electron chi connectivity index (χ3n) is 15.5. The van der Waals surface area contributed by atoms with Gasteiger partial charge in [-0.15, -0.1) is 11.8 Å². The summed E-state index contributed by atoms with van der Waals surface area (Å²) in [6.45, 7) is 21.5. The summed E-state index contributed by atoms with van der Waals surface area (Å²) in [7, 11) is 0. The van der Waals surface area contributed by atoms with Gasteiger partial charge in [0.2, 0.25) is 0 Å². The average molecular weight is 1670 g/mol. The molecule has 630 valence electrons. The Balaban J connectivity index is -0.000000577. The van der Waals surface area contributed by atoms with E-state index in [4.69, 9.17) is 58.7 Å². The lowest BCUT2D eigenvalue weighted by molar-refractivity contribution is -0.158. The first kappa shape index (κ1) is 113. The first-order valence-corrected chi connectivity index (χ1v) is 46.8. The van der Waals surface area contributed by atoms with Crippen LogP contribution in [0.2, 0.25) is 0 Å². The van der Waals surface area contributed by atoms with E-state index in [1.165, 1.54) is 112 Å². The molecular weight excluding hydrogens is 1520 g/mol. The molecule has 5 N–H and O–H groups in total. The summed E-state index contributed by atoms with van der Waals surface area (Å²) in [6, 6.07) is 48.3. The van der Waals surface area contributed by atoms with E-state index >= 15 is 0 Å². The van der Waals surface area contributed by atoms with Gasteiger partial charge in [0.1, 0.15) is 12.4 Å². The van der Waals surface area contributed by atoms with Crippen molar-refractivity contribution in [3.63, 3.8) is 0 Å². The molecule has 0 saturated carbocycles. The van der Waals surface area contributed by atoms with Gasteiger partial charge in [-0.1, -0.05) is 229 Å². The van der Waals surface area contributed by atoms with Gasteiger partial charge in [-0.3, -0.25) is 4.79 Å². The fourth-order valence-corrected chi connectivity index (χ4v) is 15.8. The number of rotatable bonds is 38. The lowest BCUT2D eigenvalue weighted by atomic mass is 10.0. The van der Waals surface area contributed by atoms with Gasteiger partial charge in [0.15, 0.2) is 6.29 Å². The molecule has 4 aliphatic rings. The Morgan fingerprint density at radius 1 is 0.495 bits per heavy atom. The number of phenols is 1. The summed E-state index contributed by atoms with van der Waals surface area (Å²) in [4.78, 5) is 11.1. The molecule has 4 saturated heterocycles. The van der Waals surface area contributed by atoms with Crippen LogP contribution in [0, 0.1) is 5.92 Å². The number of hydrogen-bond donors (Lipinski definition) is 6. The molecule has 9 rings (SSSR count). The number of thioether (sulfide) groups is 7.